The molecule has 0 bridgehead atoms. The molecular formula is C18H28O2. The maximum Gasteiger partial charge on any atom is 0.185 e. The van der Waals surface area contributed by atoms with Crippen LogP contribution in [0.1, 0.15) is 67.2 Å². The number of hydrogen-bond acceptors (Lipinski definition) is 2. The lowest BCUT2D eigenvalue weighted by Gasteiger charge is -2.22. The molecule has 2 nitrogen and oxygen atoms in total. The Morgan fingerprint density at radius 2 is 1.00 bits per heavy atom. The van der Waals surface area contributed by atoms with Gasteiger partial charge in [-0.2, -0.15) is 0 Å². The molecule has 0 fully saturated rings. The number of carbonyl (C=O) groups is 2. The van der Waals surface area contributed by atoms with Gasteiger partial charge in [0, 0.05) is 22.3 Å². The molecule has 0 N–H and O–H groups in total. The van der Waals surface area contributed by atoms with Crippen LogP contribution in [0.15, 0.2) is 22.3 Å². The second-order valence-corrected chi connectivity index (χ2v) is 6.73. The van der Waals surface area contributed by atoms with E-state index in [2.05, 4.69) is 27.7 Å². The van der Waals surface area contributed by atoms with Gasteiger partial charge in [-0.1, -0.05) is 27.7 Å². The number of hydrogen-bond donors (Lipinski definition) is 0. The van der Waals surface area contributed by atoms with Crippen LogP contribution in [0.25, 0.3) is 0 Å². The fourth-order valence-electron chi connectivity index (χ4n) is 2.46. The molecule has 112 valence electrons. The predicted molar refractivity (Wildman–Crippen MR) is 83.6 cm³/mol. The summed E-state index contributed by atoms with van der Waals surface area (Å²) in [7, 11) is 0. The summed E-state index contributed by atoms with van der Waals surface area (Å²) in [6.07, 6.45) is 3.40. The molecule has 0 saturated carbocycles. The van der Waals surface area contributed by atoms with Crippen LogP contribution in [0.2, 0.25) is 0 Å². The van der Waals surface area contributed by atoms with Gasteiger partial charge in [0.05, 0.1) is 0 Å². The van der Waals surface area contributed by atoms with Crippen molar-refractivity contribution in [1.82, 2.24) is 0 Å². The highest BCUT2D eigenvalue weighted by atomic mass is 16.1. The molecule has 1 rings (SSSR count). The molecule has 0 atom stereocenters. The van der Waals surface area contributed by atoms with E-state index in [1.165, 1.54) is 0 Å². The zero-order chi connectivity index (χ0) is 15.4. The first-order chi connectivity index (χ1) is 9.25. The van der Waals surface area contributed by atoms with E-state index in [0.29, 0.717) is 23.0 Å². The van der Waals surface area contributed by atoms with Crippen LogP contribution in [0, 0.1) is 11.8 Å². The Hall–Kier alpha value is -1.18. The molecule has 0 amide bonds. The number of carbonyl (C=O) groups excluding carboxylic acids is 2. The van der Waals surface area contributed by atoms with Gasteiger partial charge in [0.1, 0.15) is 0 Å². The molecule has 0 heterocycles. The molecule has 0 saturated heterocycles. The highest BCUT2D eigenvalue weighted by Gasteiger charge is 2.29. The van der Waals surface area contributed by atoms with Crippen molar-refractivity contribution in [2.45, 2.75) is 67.2 Å². The first-order valence-electron chi connectivity index (χ1n) is 7.74. The molecule has 0 unspecified atom stereocenters. The van der Waals surface area contributed by atoms with Gasteiger partial charge < -0.3 is 0 Å². The van der Waals surface area contributed by atoms with Gasteiger partial charge in [0.15, 0.2) is 11.6 Å². The van der Waals surface area contributed by atoms with Crippen molar-refractivity contribution in [2.24, 2.45) is 11.8 Å². The number of allylic oxidation sites excluding steroid dienone is 4. The minimum absolute atomic E-state index is 0.0986. The van der Waals surface area contributed by atoms with Crippen molar-refractivity contribution in [2.75, 3.05) is 0 Å². The Kier molecular flexibility index (Phi) is 5.91. The molecule has 0 aromatic heterocycles. The molecule has 2 heteroatoms. The summed E-state index contributed by atoms with van der Waals surface area (Å²) in [4.78, 5) is 25.0. The standard InChI is InChI=1S/C18H28O2/c1-11(2)7-9-15-16(10-8-12(3)4)18(20)14(6)13(5)17(15)19/h11-12H,7-10H2,1-6H3. The van der Waals surface area contributed by atoms with Gasteiger partial charge in [-0.3, -0.25) is 9.59 Å². The Balaban J connectivity index is 3.08. The van der Waals surface area contributed by atoms with Crippen LogP contribution in [0.5, 0.6) is 0 Å². The second-order valence-electron chi connectivity index (χ2n) is 6.73. The monoisotopic (exact) mass is 276 g/mol. The minimum Gasteiger partial charge on any atom is -0.289 e. The summed E-state index contributed by atoms with van der Waals surface area (Å²) in [5, 5.41) is 0. The summed E-state index contributed by atoms with van der Waals surface area (Å²) >= 11 is 0. The average Bonchev–Trinajstić information content (AvgIpc) is 2.37. The van der Waals surface area contributed by atoms with Crippen molar-refractivity contribution in [1.29, 1.82) is 0 Å². The predicted octanol–water partition coefficient (Wildman–Crippen LogP) is 4.64. The number of Topliss-reactive ketones (excluding diaryl/α,β-unsaturated/α-hetero) is 2. The first kappa shape index (κ1) is 16.9. The lowest BCUT2D eigenvalue weighted by Crippen LogP contribution is -2.22. The van der Waals surface area contributed by atoms with Gasteiger partial charge in [0.25, 0.3) is 0 Å². The van der Waals surface area contributed by atoms with Crippen LogP contribution >= 0.6 is 0 Å². The quantitative estimate of drug-likeness (QED) is 0.662. The van der Waals surface area contributed by atoms with Crippen molar-refractivity contribution in [3.05, 3.63) is 22.3 Å². The van der Waals surface area contributed by atoms with Crippen LogP contribution in [-0.4, -0.2) is 11.6 Å². The molecule has 1 aliphatic carbocycles. The maximum atomic E-state index is 12.5. The summed E-state index contributed by atoms with van der Waals surface area (Å²) in [5.41, 5.74) is 2.85. The lowest BCUT2D eigenvalue weighted by atomic mass is 9.80. The Labute approximate surface area is 123 Å². The Morgan fingerprint density at radius 1 is 0.700 bits per heavy atom. The highest BCUT2D eigenvalue weighted by molar-refractivity contribution is 6.24. The number of rotatable bonds is 6. The largest absolute Gasteiger partial charge is 0.289 e. The molecule has 0 aliphatic heterocycles. The van der Waals surface area contributed by atoms with Crippen LogP contribution < -0.4 is 0 Å². The second kappa shape index (κ2) is 7.01. The van der Waals surface area contributed by atoms with E-state index in [1.54, 1.807) is 13.8 Å². The SMILES string of the molecule is CC1=C(C)C(=O)C(CCC(C)C)=C(CCC(C)C)C1=O. The summed E-state index contributed by atoms with van der Waals surface area (Å²) in [6, 6.07) is 0. The zero-order valence-corrected chi connectivity index (χ0v) is 13.8. The van der Waals surface area contributed by atoms with E-state index >= 15 is 0 Å². The van der Waals surface area contributed by atoms with Gasteiger partial charge in [0.2, 0.25) is 0 Å². The third-order valence-corrected chi connectivity index (χ3v) is 4.10. The maximum absolute atomic E-state index is 12.5. The van der Waals surface area contributed by atoms with Crippen LogP contribution in [0.4, 0.5) is 0 Å². The summed E-state index contributed by atoms with van der Waals surface area (Å²) in [5.74, 6) is 1.29. The van der Waals surface area contributed by atoms with Gasteiger partial charge >= 0.3 is 0 Å². The van der Waals surface area contributed by atoms with Crippen molar-refractivity contribution >= 4 is 11.6 Å². The van der Waals surface area contributed by atoms with E-state index < -0.39 is 0 Å². The van der Waals surface area contributed by atoms with Crippen LogP contribution in [0.3, 0.4) is 0 Å². The molecule has 0 aromatic carbocycles. The van der Waals surface area contributed by atoms with Gasteiger partial charge in [-0.15, -0.1) is 0 Å². The Bertz CT molecular complexity index is 420. The molecule has 1 aliphatic rings. The fourth-order valence-corrected chi connectivity index (χ4v) is 2.46. The smallest absolute Gasteiger partial charge is 0.185 e. The lowest BCUT2D eigenvalue weighted by molar-refractivity contribution is -0.116. The average molecular weight is 276 g/mol. The zero-order valence-electron chi connectivity index (χ0n) is 13.8. The van der Waals surface area contributed by atoms with Gasteiger partial charge in [-0.05, 0) is 51.4 Å². The van der Waals surface area contributed by atoms with Crippen molar-refractivity contribution in [3.63, 3.8) is 0 Å². The molecule has 0 radical (unpaired) electrons. The Morgan fingerprint density at radius 3 is 1.25 bits per heavy atom. The van der Waals surface area contributed by atoms with Crippen molar-refractivity contribution < 1.29 is 9.59 Å². The van der Waals surface area contributed by atoms with E-state index in [1.807, 2.05) is 0 Å². The molecule has 20 heavy (non-hydrogen) atoms. The normalized spacial score (nSPS) is 17.0. The van der Waals surface area contributed by atoms with E-state index in [9.17, 15) is 9.59 Å². The highest BCUT2D eigenvalue weighted by Crippen LogP contribution is 2.31. The van der Waals surface area contributed by atoms with E-state index in [4.69, 9.17) is 0 Å². The van der Waals surface area contributed by atoms with Crippen LogP contribution in [-0.2, 0) is 9.59 Å². The van der Waals surface area contributed by atoms with Crippen molar-refractivity contribution in [3.8, 4) is 0 Å². The van der Waals surface area contributed by atoms with Gasteiger partial charge in [-0.25, -0.2) is 0 Å². The fraction of sp³-hybridized carbons (Fsp3) is 0.667. The topological polar surface area (TPSA) is 34.1 Å². The third-order valence-electron chi connectivity index (χ3n) is 4.10. The summed E-state index contributed by atoms with van der Waals surface area (Å²) < 4.78 is 0. The van der Waals surface area contributed by atoms with E-state index in [0.717, 1.165) is 36.8 Å². The minimum atomic E-state index is 0.0986. The first-order valence-corrected chi connectivity index (χ1v) is 7.74. The van der Waals surface area contributed by atoms with E-state index in [-0.39, 0.29) is 11.6 Å². The molecular weight excluding hydrogens is 248 g/mol. The molecule has 0 spiro atoms. The summed E-state index contributed by atoms with van der Waals surface area (Å²) in [6.45, 7) is 12.2. The number of ketones is 2. The molecule has 0 aromatic rings. The third kappa shape index (κ3) is 3.91.